The first kappa shape index (κ1) is 9.73. The highest BCUT2D eigenvalue weighted by atomic mass is 31.2. The van der Waals surface area contributed by atoms with Gasteiger partial charge in [0.15, 0.2) is 0 Å². The fraction of sp³-hybridized carbons (Fsp3) is 0.333. The molecule has 14 heavy (non-hydrogen) atoms. The Labute approximate surface area is 85.2 Å². The highest BCUT2D eigenvalue weighted by molar-refractivity contribution is 7.72. The maximum atomic E-state index is 12.7. The molecule has 0 N–H and O–H groups in total. The molecule has 0 saturated carbocycles. The van der Waals surface area contributed by atoms with Crippen molar-refractivity contribution in [1.82, 2.24) is 0 Å². The first-order chi connectivity index (χ1) is 6.77. The predicted molar refractivity (Wildman–Crippen MR) is 61.8 cm³/mol. The van der Waals surface area contributed by atoms with Crippen LogP contribution >= 0.6 is 7.14 Å². The predicted octanol–water partition coefficient (Wildman–Crippen LogP) is 3.02. The molecule has 2 heteroatoms. The molecule has 0 aliphatic carbocycles. The van der Waals surface area contributed by atoms with Crippen molar-refractivity contribution >= 4 is 12.4 Å². The van der Waals surface area contributed by atoms with Crippen molar-refractivity contribution in [3.05, 3.63) is 42.5 Å². The Morgan fingerprint density at radius 3 is 2.71 bits per heavy atom. The Bertz CT molecular complexity index is 381. The summed E-state index contributed by atoms with van der Waals surface area (Å²) < 4.78 is 12.7. The molecule has 0 amide bonds. The van der Waals surface area contributed by atoms with E-state index in [-0.39, 0.29) is 5.66 Å². The molecule has 2 atom stereocenters. The number of benzene rings is 1. The largest absolute Gasteiger partial charge is 0.318 e. The van der Waals surface area contributed by atoms with Gasteiger partial charge in [-0.2, -0.15) is 0 Å². The summed E-state index contributed by atoms with van der Waals surface area (Å²) in [5, 5.41) is 1.04. The van der Waals surface area contributed by atoms with Gasteiger partial charge in [-0.15, -0.1) is 0 Å². The van der Waals surface area contributed by atoms with Gasteiger partial charge in [0.2, 0.25) is 0 Å². The van der Waals surface area contributed by atoms with Crippen molar-refractivity contribution in [3.63, 3.8) is 0 Å². The van der Waals surface area contributed by atoms with Crippen LogP contribution < -0.4 is 5.30 Å². The normalized spacial score (nSPS) is 30.8. The number of hydrogen-bond donors (Lipinski definition) is 0. The molecule has 0 bridgehead atoms. The van der Waals surface area contributed by atoms with E-state index in [4.69, 9.17) is 0 Å². The topological polar surface area (TPSA) is 17.1 Å². The van der Waals surface area contributed by atoms with Crippen LogP contribution in [0.5, 0.6) is 0 Å². The minimum absolute atomic E-state index is 0.268. The molecule has 1 aliphatic rings. The third kappa shape index (κ3) is 1.46. The van der Waals surface area contributed by atoms with E-state index in [9.17, 15) is 4.57 Å². The van der Waals surface area contributed by atoms with Crippen LogP contribution in [-0.2, 0) is 4.57 Å². The van der Waals surface area contributed by atoms with Gasteiger partial charge >= 0.3 is 0 Å². The van der Waals surface area contributed by atoms with Crippen molar-refractivity contribution in [3.8, 4) is 0 Å². The maximum Gasteiger partial charge on any atom is 0.125 e. The van der Waals surface area contributed by atoms with Crippen LogP contribution in [0.15, 0.2) is 42.5 Å². The summed E-state index contributed by atoms with van der Waals surface area (Å²) in [7, 11) is -2.14. The molecule has 0 spiro atoms. The van der Waals surface area contributed by atoms with Gasteiger partial charge in [0, 0.05) is 17.1 Å². The lowest BCUT2D eigenvalue weighted by molar-refractivity contribution is 0.578. The monoisotopic (exact) mass is 206 g/mol. The average Bonchev–Trinajstić information content (AvgIpc) is 2.62. The number of allylic oxidation sites excluding steroid dienone is 2. The summed E-state index contributed by atoms with van der Waals surface area (Å²) in [5.41, 5.74) is 0.268. The van der Waals surface area contributed by atoms with Gasteiger partial charge in [-0.3, -0.25) is 0 Å². The molecule has 1 aromatic carbocycles. The highest BCUT2D eigenvalue weighted by Crippen LogP contribution is 2.54. The van der Waals surface area contributed by atoms with E-state index < -0.39 is 7.14 Å². The first-order valence-electron chi connectivity index (χ1n) is 5.08. The molecule has 1 heterocycles. The maximum absolute atomic E-state index is 12.7. The van der Waals surface area contributed by atoms with Crippen LogP contribution in [0.25, 0.3) is 0 Å². The second-order valence-electron chi connectivity index (χ2n) is 3.72. The van der Waals surface area contributed by atoms with Crippen molar-refractivity contribution < 1.29 is 4.57 Å². The minimum atomic E-state index is -2.14. The van der Waals surface area contributed by atoms with Gasteiger partial charge in [0.05, 0.1) is 0 Å². The second-order valence-corrected chi connectivity index (χ2v) is 6.85. The molecule has 1 unspecified atom stereocenters. The molecule has 0 fully saturated rings. The lowest BCUT2D eigenvalue weighted by Gasteiger charge is -2.19. The molecule has 74 valence electrons. The second kappa shape index (κ2) is 3.74. The summed E-state index contributed by atoms with van der Waals surface area (Å²) in [6.45, 7) is 2.11. The third-order valence-electron chi connectivity index (χ3n) is 2.88. The summed E-state index contributed by atoms with van der Waals surface area (Å²) in [6.07, 6.45) is 5.91. The van der Waals surface area contributed by atoms with E-state index in [1.165, 1.54) is 0 Å². The first-order valence-corrected chi connectivity index (χ1v) is 7.04. The Kier molecular flexibility index (Phi) is 2.60. The van der Waals surface area contributed by atoms with Crippen LogP contribution in [0.1, 0.15) is 13.3 Å². The molecule has 0 radical (unpaired) electrons. The standard InChI is InChI=1S/C12H15OP/c1-2-11-9-6-10-14(11,13)12-7-4-3-5-8-12/h3-9,11H,2,10H2,1H3/t11-,14?/m0/s1. The van der Waals surface area contributed by atoms with Crippen molar-refractivity contribution in [2.24, 2.45) is 0 Å². The zero-order valence-corrected chi connectivity index (χ0v) is 9.28. The molecule has 2 rings (SSSR count). The van der Waals surface area contributed by atoms with Crippen LogP contribution in [0.2, 0.25) is 0 Å². The van der Waals surface area contributed by atoms with Gasteiger partial charge in [-0.25, -0.2) is 0 Å². The fourth-order valence-electron chi connectivity index (χ4n) is 2.06. The number of hydrogen-bond acceptors (Lipinski definition) is 1. The Morgan fingerprint density at radius 2 is 2.07 bits per heavy atom. The molecule has 1 nitrogen and oxygen atoms in total. The molecule has 1 aliphatic heterocycles. The van der Waals surface area contributed by atoms with Gasteiger partial charge in [0.1, 0.15) is 7.14 Å². The van der Waals surface area contributed by atoms with Crippen molar-refractivity contribution in [1.29, 1.82) is 0 Å². The van der Waals surface area contributed by atoms with Gasteiger partial charge in [0.25, 0.3) is 0 Å². The van der Waals surface area contributed by atoms with E-state index in [2.05, 4.69) is 19.1 Å². The molecule has 0 saturated heterocycles. The Morgan fingerprint density at radius 1 is 1.36 bits per heavy atom. The summed E-state index contributed by atoms with van der Waals surface area (Å²) in [4.78, 5) is 0. The van der Waals surface area contributed by atoms with Gasteiger partial charge in [-0.05, 0) is 6.42 Å². The van der Waals surface area contributed by atoms with Crippen LogP contribution in [0.3, 0.4) is 0 Å². The third-order valence-corrected chi connectivity index (χ3v) is 6.42. The Hall–Kier alpha value is -0.810. The van der Waals surface area contributed by atoms with Crippen LogP contribution in [-0.4, -0.2) is 11.8 Å². The van der Waals surface area contributed by atoms with Gasteiger partial charge in [-0.1, -0.05) is 49.4 Å². The van der Waals surface area contributed by atoms with Gasteiger partial charge < -0.3 is 4.57 Å². The zero-order valence-electron chi connectivity index (χ0n) is 8.39. The quantitative estimate of drug-likeness (QED) is 0.537. The zero-order chi connectivity index (χ0) is 10.0. The van der Waals surface area contributed by atoms with E-state index >= 15 is 0 Å². The van der Waals surface area contributed by atoms with E-state index in [1.807, 2.05) is 30.3 Å². The minimum Gasteiger partial charge on any atom is -0.318 e. The lowest BCUT2D eigenvalue weighted by atomic mass is 10.3. The van der Waals surface area contributed by atoms with E-state index in [0.29, 0.717) is 0 Å². The fourth-order valence-corrected chi connectivity index (χ4v) is 5.02. The summed E-state index contributed by atoms with van der Waals surface area (Å²) in [6, 6.07) is 9.91. The average molecular weight is 206 g/mol. The molecule has 1 aromatic rings. The van der Waals surface area contributed by atoms with E-state index in [1.54, 1.807) is 0 Å². The lowest BCUT2D eigenvalue weighted by Crippen LogP contribution is -2.13. The van der Waals surface area contributed by atoms with Crippen molar-refractivity contribution in [2.75, 3.05) is 6.16 Å². The molecule has 0 aromatic heterocycles. The SMILES string of the molecule is CC[C@H]1C=CCP1(=O)c1ccccc1. The summed E-state index contributed by atoms with van der Waals surface area (Å²) in [5.74, 6) is 0. The van der Waals surface area contributed by atoms with Crippen LogP contribution in [0, 0.1) is 0 Å². The van der Waals surface area contributed by atoms with Crippen LogP contribution in [0.4, 0.5) is 0 Å². The summed E-state index contributed by atoms with van der Waals surface area (Å²) >= 11 is 0. The van der Waals surface area contributed by atoms with Crippen molar-refractivity contribution in [2.45, 2.75) is 19.0 Å². The number of rotatable bonds is 2. The Balaban J connectivity index is 2.39. The van der Waals surface area contributed by atoms with E-state index in [0.717, 1.165) is 17.9 Å². The molecular formula is C12H15OP. The molecular weight excluding hydrogens is 191 g/mol. The highest BCUT2D eigenvalue weighted by Gasteiger charge is 2.34. The smallest absolute Gasteiger partial charge is 0.125 e.